The Kier molecular flexibility index (Phi) is 3.57. The molecule has 6 heteroatoms. The Hall–Kier alpha value is -3.15. The van der Waals surface area contributed by atoms with Crippen LogP contribution < -0.4 is 5.56 Å². The van der Waals surface area contributed by atoms with Crippen molar-refractivity contribution in [3.05, 3.63) is 75.8 Å². The Labute approximate surface area is 131 Å². The summed E-state index contributed by atoms with van der Waals surface area (Å²) in [5.74, 6) is -1.06. The number of imidazole rings is 1. The van der Waals surface area contributed by atoms with Gasteiger partial charge in [0.1, 0.15) is 5.65 Å². The molecule has 0 spiro atoms. The predicted molar refractivity (Wildman–Crippen MR) is 83.9 cm³/mol. The van der Waals surface area contributed by atoms with Gasteiger partial charge in [0.15, 0.2) is 5.78 Å². The molecule has 116 valence electrons. The van der Waals surface area contributed by atoms with Gasteiger partial charge in [-0.3, -0.25) is 14.0 Å². The fourth-order valence-electron chi connectivity index (χ4n) is 2.57. The Morgan fingerprint density at radius 1 is 1.09 bits per heavy atom. The monoisotopic (exact) mass is 310 g/mol. The zero-order valence-electron chi connectivity index (χ0n) is 12.6. The summed E-state index contributed by atoms with van der Waals surface area (Å²) in [5.41, 5.74) is 0.500. The number of methoxy groups -OCH3 is 1. The number of rotatable bonds is 3. The minimum absolute atomic E-state index is 0.0341. The van der Waals surface area contributed by atoms with Crippen LogP contribution in [0.1, 0.15) is 26.3 Å². The molecule has 0 aliphatic rings. The van der Waals surface area contributed by atoms with E-state index in [9.17, 15) is 14.4 Å². The Bertz CT molecular complexity index is 967. The molecule has 23 heavy (non-hydrogen) atoms. The largest absolute Gasteiger partial charge is 0.465 e. The van der Waals surface area contributed by atoms with Crippen LogP contribution in [0, 0.1) is 0 Å². The number of hydrogen-bond acceptors (Lipinski definition) is 4. The minimum Gasteiger partial charge on any atom is -0.465 e. The third kappa shape index (κ3) is 2.34. The van der Waals surface area contributed by atoms with Crippen molar-refractivity contribution in [2.75, 3.05) is 7.11 Å². The Morgan fingerprint density at radius 2 is 1.78 bits per heavy atom. The van der Waals surface area contributed by atoms with Gasteiger partial charge in [0.25, 0.3) is 5.56 Å². The van der Waals surface area contributed by atoms with Crippen LogP contribution in [0.3, 0.4) is 0 Å². The molecule has 0 aliphatic carbocycles. The number of benzene rings is 1. The highest BCUT2D eigenvalue weighted by atomic mass is 16.5. The molecule has 0 radical (unpaired) electrons. The van der Waals surface area contributed by atoms with Gasteiger partial charge in [-0.25, -0.2) is 4.79 Å². The van der Waals surface area contributed by atoms with Gasteiger partial charge in [0.2, 0.25) is 0 Å². The first-order valence-corrected chi connectivity index (χ1v) is 6.93. The van der Waals surface area contributed by atoms with E-state index in [2.05, 4.69) is 0 Å². The molecular formula is C17H14N2O4. The van der Waals surface area contributed by atoms with Crippen LogP contribution in [0.15, 0.2) is 53.6 Å². The number of carbonyl (C=O) groups is 2. The number of carbonyl (C=O) groups excluding carboxylic acids is 2. The van der Waals surface area contributed by atoms with Gasteiger partial charge in [-0.15, -0.1) is 0 Å². The molecule has 3 rings (SSSR count). The van der Waals surface area contributed by atoms with E-state index in [1.165, 1.54) is 11.5 Å². The number of ketones is 1. The van der Waals surface area contributed by atoms with Crippen LogP contribution in [0.2, 0.25) is 0 Å². The van der Waals surface area contributed by atoms with E-state index in [1.54, 1.807) is 54.3 Å². The van der Waals surface area contributed by atoms with Crippen LogP contribution >= 0.6 is 0 Å². The summed E-state index contributed by atoms with van der Waals surface area (Å²) in [4.78, 5) is 37.2. The summed E-state index contributed by atoms with van der Waals surface area (Å²) in [5, 5.41) is 0. The quantitative estimate of drug-likeness (QED) is 0.545. The summed E-state index contributed by atoms with van der Waals surface area (Å²) in [6.45, 7) is 0. The third-order valence-corrected chi connectivity index (χ3v) is 3.67. The second-order valence-electron chi connectivity index (χ2n) is 5.06. The highest BCUT2D eigenvalue weighted by molar-refractivity contribution is 6.17. The summed E-state index contributed by atoms with van der Waals surface area (Å²) < 4.78 is 7.70. The van der Waals surface area contributed by atoms with Crippen LogP contribution in [0.5, 0.6) is 0 Å². The molecule has 0 fully saturated rings. The molecule has 0 unspecified atom stereocenters. The molecule has 0 saturated carbocycles. The van der Waals surface area contributed by atoms with Gasteiger partial charge in [0.05, 0.1) is 18.2 Å². The highest BCUT2D eigenvalue weighted by Crippen LogP contribution is 2.20. The number of hydrogen-bond donors (Lipinski definition) is 0. The molecule has 0 aliphatic heterocycles. The van der Waals surface area contributed by atoms with Crippen LogP contribution in [0.25, 0.3) is 5.65 Å². The van der Waals surface area contributed by atoms with Crippen molar-refractivity contribution in [1.29, 1.82) is 0 Å². The number of aromatic nitrogens is 2. The number of ether oxygens (including phenoxy) is 1. The van der Waals surface area contributed by atoms with E-state index < -0.39 is 11.5 Å². The lowest BCUT2D eigenvalue weighted by atomic mass is 9.99. The van der Waals surface area contributed by atoms with Gasteiger partial charge in [0, 0.05) is 31.1 Å². The van der Waals surface area contributed by atoms with Crippen molar-refractivity contribution in [3.63, 3.8) is 0 Å². The van der Waals surface area contributed by atoms with E-state index in [4.69, 9.17) is 4.74 Å². The van der Waals surface area contributed by atoms with E-state index in [1.807, 2.05) is 0 Å². The molecule has 6 nitrogen and oxygen atoms in total. The van der Waals surface area contributed by atoms with Crippen LogP contribution in [-0.4, -0.2) is 27.8 Å². The maximum absolute atomic E-state index is 12.9. The van der Waals surface area contributed by atoms with Gasteiger partial charge < -0.3 is 9.30 Å². The molecule has 0 atom stereocenters. The summed E-state index contributed by atoms with van der Waals surface area (Å²) in [6.07, 6.45) is 3.21. The van der Waals surface area contributed by atoms with Crippen molar-refractivity contribution in [2.45, 2.75) is 0 Å². The fourth-order valence-corrected chi connectivity index (χ4v) is 2.57. The van der Waals surface area contributed by atoms with Crippen LogP contribution in [-0.2, 0) is 11.8 Å². The van der Waals surface area contributed by atoms with Crippen molar-refractivity contribution < 1.29 is 14.3 Å². The van der Waals surface area contributed by atoms with E-state index >= 15 is 0 Å². The van der Waals surface area contributed by atoms with Crippen molar-refractivity contribution >= 4 is 17.4 Å². The second kappa shape index (κ2) is 5.57. The number of fused-ring (bicyclic) bond motifs is 1. The van der Waals surface area contributed by atoms with Crippen LogP contribution in [0.4, 0.5) is 0 Å². The Balaban J connectivity index is 2.39. The zero-order chi connectivity index (χ0) is 16.6. The van der Waals surface area contributed by atoms with Crippen molar-refractivity contribution in [2.24, 2.45) is 7.05 Å². The maximum atomic E-state index is 12.9. The van der Waals surface area contributed by atoms with E-state index in [-0.39, 0.29) is 16.9 Å². The van der Waals surface area contributed by atoms with Gasteiger partial charge in [-0.1, -0.05) is 30.3 Å². The van der Waals surface area contributed by atoms with E-state index in [0.717, 1.165) is 6.07 Å². The molecular weight excluding hydrogens is 296 g/mol. The first-order chi connectivity index (χ1) is 11.0. The Morgan fingerprint density at radius 3 is 2.43 bits per heavy atom. The number of esters is 1. The van der Waals surface area contributed by atoms with E-state index in [0.29, 0.717) is 11.2 Å². The minimum atomic E-state index is -0.718. The maximum Gasteiger partial charge on any atom is 0.338 e. The number of aryl methyl sites for hydroxylation is 1. The smallest absolute Gasteiger partial charge is 0.338 e. The average molecular weight is 310 g/mol. The molecule has 2 aromatic heterocycles. The lowest BCUT2D eigenvalue weighted by Crippen LogP contribution is -2.22. The highest BCUT2D eigenvalue weighted by Gasteiger charge is 2.25. The SMILES string of the molecule is COC(=O)c1cc(=O)n2ccn(C)c2c1C(=O)c1ccccc1. The third-order valence-electron chi connectivity index (χ3n) is 3.67. The summed E-state index contributed by atoms with van der Waals surface area (Å²) in [6, 6.07) is 9.73. The van der Waals surface area contributed by atoms with Gasteiger partial charge >= 0.3 is 5.97 Å². The lowest BCUT2D eigenvalue weighted by Gasteiger charge is -2.10. The average Bonchev–Trinajstić information content (AvgIpc) is 2.97. The fraction of sp³-hybridized carbons (Fsp3) is 0.118. The topological polar surface area (TPSA) is 69.8 Å². The summed E-state index contributed by atoms with van der Waals surface area (Å²) >= 11 is 0. The predicted octanol–water partition coefficient (Wildman–Crippen LogP) is 1.66. The number of pyridine rings is 1. The second-order valence-corrected chi connectivity index (χ2v) is 5.06. The first kappa shape index (κ1) is 14.8. The molecule has 3 aromatic rings. The standard InChI is InChI=1S/C17H14N2O4/c1-18-8-9-19-13(20)10-12(17(22)23-2)14(16(18)19)15(21)11-6-4-3-5-7-11/h3-10H,1-2H3. The van der Waals surface area contributed by atoms with Crippen molar-refractivity contribution in [3.8, 4) is 0 Å². The zero-order valence-corrected chi connectivity index (χ0v) is 12.6. The molecule has 2 heterocycles. The molecule has 1 aromatic carbocycles. The molecule has 0 N–H and O–H groups in total. The lowest BCUT2D eigenvalue weighted by molar-refractivity contribution is 0.0597. The molecule has 0 amide bonds. The normalized spacial score (nSPS) is 10.7. The van der Waals surface area contributed by atoms with Gasteiger partial charge in [-0.2, -0.15) is 0 Å². The van der Waals surface area contributed by atoms with Gasteiger partial charge in [-0.05, 0) is 0 Å². The number of nitrogens with zero attached hydrogens (tertiary/aromatic N) is 2. The molecule has 0 saturated heterocycles. The molecule has 0 bridgehead atoms. The first-order valence-electron chi connectivity index (χ1n) is 6.93. The van der Waals surface area contributed by atoms with Crippen molar-refractivity contribution in [1.82, 2.24) is 8.97 Å². The summed E-state index contributed by atoms with van der Waals surface area (Å²) in [7, 11) is 2.92.